The Morgan fingerprint density at radius 1 is 0.921 bits per heavy atom. The molecule has 210 valence electrons. The van der Waals surface area contributed by atoms with Crippen LogP contribution in [0.15, 0.2) is 41.3 Å². The number of benzene rings is 2. The minimum atomic E-state index is -5.69. The fraction of sp³-hybridized carbons (Fsp3) is 0.455. The Morgan fingerprint density at radius 2 is 1.53 bits per heavy atom. The Kier molecular flexibility index (Phi) is 7.01. The maximum Gasteiger partial charge on any atom is 0.511 e. The molecule has 2 aromatic rings. The quantitative estimate of drug-likeness (QED) is 0.499. The molecule has 2 aliphatic rings. The van der Waals surface area contributed by atoms with Gasteiger partial charge in [0.25, 0.3) is 0 Å². The molecule has 4 rings (SSSR count). The number of sulfonamides is 1. The van der Waals surface area contributed by atoms with E-state index >= 15 is 4.39 Å². The van der Waals surface area contributed by atoms with Crippen molar-refractivity contribution < 1.29 is 56.7 Å². The molecule has 0 bridgehead atoms. The van der Waals surface area contributed by atoms with Gasteiger partial charge in [-0.25, -0.2) is 30.3 Å². The van der Waals surface area contributed by atoms with E-state index in [9.17, 15) is 47.6 Å². The van der Waals surface area contributed by atoms with Crippen LogP contribution in [0.25, 0.3) is 0 Å². The highest BCUT2D eigenvalue weighted by Gasteiger charge is 2.60. The van der Waals surface area contributed by atoms with Crippen LogP contribution in [0.3, 0.4) is 0 Å². The lowest BCUT2D eigenvalue weighted by atomic mass is 9.69. The first-order valence-electron chi connectivity index (χ1n) is 11.0. The normalized spacial score (nSPS) is 24.3. The summed E-state index contributed by atoms with van der Waals surface area (Å²) in [5, 5.41) is 0. The zero-order valence-corrected chi connectivity index (χ0v) is 20.7. The molecule has 0 radical (unpaired) electrons. The Bertz CT molecular complexity index is 1440. The van der Waals surface area contributed by atoms with E-state index in [1.54, 1.807) is 0 Å². The first-order valence-corrected chi connectivity index (χ1v) is 14.0. The minimum Gasteiger partial charge on any atom is -0.490 e. The summed E-state index contributed by atoms with van der Waals surface area (Å²) < 4.78 is 162. The second-order valence-corrected chi connectivity index (χ2v) is 13.1. The van der Waals surface area contributed by atoms with Crippen LogP contribution < -0.4 is 9.46 Å². The van der Waals surface area contributed by atoms with E-state index < -0.39 is 101 Å². The first-order chi connectivity index (χ1) is 17.4. The van der Waals surface area contributed by atoms with Gasteiger partial charge in [-0.05, 0) is 61.6 Å². The molecule has 0 amide bonds. The lowest BCUT2D eigenvalue weighted by Crippen LogP contribution is -2.53. The number of fused-ring (bicyclic) bond motifs is 3. The molecule has 0 unspecified atom stereocenters. The third-order valence-electron chi connectivity index (χ3n) is 6.95. The highest BCUT2D eigenvalue weighted by atomic mass is 32.2. The average molecular weight is 594 g/mol. The molecule has 1 aliphatic heterocycles. The zero-order chi connectivity index (χ0) is 28.3. The molecule has 1 fully saturated rings. The molecule has 16 heteroatoms. The molecule has 2 aromatic carbocycles. The summed E-state index contributed by atoms with van der Waals surface area (Å²) in [6.45, 7) is -1.23. The first kappa shape index (κ1) is 28.5. The monoisotopic (exact) mass is 593 g/mol. The smallest absolute Gasteiger partial charge is 0.490 e. The van der Waals surface area contributed by atoms with Gasteiger partial charge >= 0.3 is 21.7 Å². The number of nitrogens with one attached hydrogen (secondary N) is 1. The van der Waals surface area contributed by atoms with Gasteiger partial charge in [-0.3, -0.25) is 0 Å². The highest BCUT2D eigenvalue weighted by Crippen LogP contribution is 2.57. The van der Waals surface area contributed by atoms with Crippen LogP contribution in [0, 0.1) is 23.5 Å². The fourth-order valence-corrected chi connectivity index (χ4v) is 8.12. The number of alkyl halides is 6. The third kappa shape index (κ3) is 4.63. The maximum atomic E-state index is 15.2. The van der Waals surface area contributed by atoms with Crippen LogP contribution in [-0.4, -0.2) is 35.5 Å². The van der Waals surface area contributed by atoms with E-state index in [1.807, 2.05) is 0 Å². The number of rotatable bonds is 5. The van der Waals surface area contributed by atoms with Crippen molar-refractivity contribution in [3.8, 4) is 5.75 Å². The third-order valence-corrected chi connectivity index (χ3v) is 10.7. The van der Waals surface area contributed by atoms with Gasteiger partial charge < -0.3 is 4.74 Å². The van der Waals surface area contributed by atoms with E-state index in [4.69, 9.17) is 4.74 Å². The highest BCUT2D eigenvalue weighted by molar-refractivity contribution is 7.92. The van der Waals surface area contributed by atoms with Crippen molar-refractivity contribution in [3.63, 3.8) is 0 Å². The van der Waals surface area contributed by atoms with Crippen LogP contribution >= 0.6 is 0 Å². The number of hydrogen-bond acceptors (Lipinski definition) is 5. The largest absolute Gasteiger partial charge is 0.511 e. The fourth-order valence-electron chi connectivity index (χ4n) is 5.13. The molecule has 3 atom stereocenters. The topological polar surface area (TPSA) is 89.5 Å². The SMILES string of the molecule is O=S(=O)(NC[C@@H]1CC[C@@]2(S(=O)(=O)c3ccc(C(F)(F)F)cc3)c3c(F)ccc(F)c3OC[C@H]2C1)C(F)(F)F. The van der Waals surface area contributed by atoms with Gasteiger partial charge in [-0.15, -0.1) is 0 Å². The lowest BCUT2D eigenvalue weighted by Gasteiger charge is -2.49. The van der Waals surface area contributed by atoms with E-state index in [-0.39, 0.29) is 12.8 Å². The number of ether oxygens (including phenoxy) is 1. The van der Waals surface area contributed by atoms with Crippen LogP contribution in [-0.2, 0) is 30.8 Å². The van der Waals surface area contributed by atoms with Crippen molar-refractivity contribution in [1.82, 2.24) is 4.72 Å². The molecule has 1 N–H and O–H groups in total. The predicted octanol–water partition coefficient (Wildman–Crippen LogP) is 4.90. The van der Waals surface area contributed by atoms with Crippen molar-refractivity contribution >= 4 is 19.9 Å². The molecule has 6 nitrogen and oxygen atoms in total. The van der Waals surface area contributed by atoms with Crippen molar-refractivity contribution in [2.75, 3.05) is 13.2 Å². The van der Waals surface area contributed by atoms with Crippen molar-refractivity contribution in [3.05, 3.63) is 59.2 Å². The summed E-state index contributed by atoms with van der Waals surface area (Å²) in [6, 6.07) is 3.83. The standard InChI is InChI=1S/C22H19F8NO5S2/c23-16-5-6-17(24)19-18(16)20(37(32,33)15-3-1-13(2-4-15)21(25,26)27)8-7-12(9-14(20)11-36-19)10-31-38(34,35)22(28,29)30/h1-6,12,14,31H,7-11H2/t12-,14-,20+/m1/s1. The Morgan fingerprint density at radius 3 is 2.11 bits per heavy atom. The number of hydrogen-bond donors (Lipinski definition) is 1. The van der Waals surface area contributed by atoms with Crippen LogP contribution in [0.5, 0.6) is 5.75 Å². The lowest BCUT2D eigenvalue weighted by molar-refractivity contribution is -0.137. The molecule has 0 spiro atoms. The van der Waals surface area contributed by atoms with Crippen LogP contribution in [0.4, 0.5) is 35.1 Å². The van der Waals surface area contributed by atoms with Gasteiger partial charge in [0.05, 0.1) is 22.6 Å². The summed E-state index contributed by atoms with van der Waals surface area (Å²) in [6.07, 6.45) is -5.76. The average Bonchev–Trinajstić information content (AvgIpc) is 2.83. The molecular weight excluding hydrogens is 574 g/mol. The van der Waals surface area contributed by atoms with Gasteiger partial charge in [0.15, 0.2) is 21.4 Å². The van der Waals surface area contributed by atoms with Crippen molar-refractivity contribution in [1.29, 1.82) is 0 Å². The molecular formula is C22H19F8NO5S2. The molecule has 1 saturated carbocycles. The van der Waals surface area contributed by atoms with Gasteiger partial charge in [-0.2, -0.15) is 26.3 Å². The Hall–Kier alpha value is -2.46. The summed E-state index contributed by atoms with van der Waals surface area (Å²) in [5.41, 5.74) is -7.39. The summed E-state index contributed by atoms with van der Waals surface area (Å²) >= 11 is 0. The molecule has 0 aromatic heterocycles. The molecule has 1 heterocycles. The molecule has 1 aliphatic carbocycles. The zero-order valence-electron chi connectivity index (χ0n) is 19.0. The second kappa shape index (κ2) is 9.33. The van der Waals surface area contributed by atoms with Gasteiger partial charge in [0, 0.05) is 12.5 Å². The summed E-state index contributed by atoms with van der Waals surface area (Å²) in [4.78, 5) is -0.608. The molecule has 38 heavy (non-hydrogen) atoms. The van der Waals surface area contributed by atoms with E-state index in [0.717, 1.165) is 0 Å². The van der Waals surface area contributed by atoms with Crippen molar-refractivity contribution in [2.24, 2.45) is 11.8 Å². The van der Waals surface area contributed by atoms with E-state index in [0.29, 0.717) is 36.4 Å². The molecule has 0 saturated heterocycles. The van der Waals surface area contributed by atoms with E-state index in [2.05, 4.69) is 0 Å². The summed E-state index contributed by atoms with van der Waals surface area (Å²) in [7, 11) is -10.5. The maximum absolute atomic E-state index is 15.2. The van der Waals surface area contributed by atoms with Gasteiger partial charge in [0.1, 0.15) is 10.6 Å². The summed E-state index contributed by atoms with van der Waals surface area (Å²) in [5.74, 6) is -4.96. The van der Waals surface area contributed by atoms with Crippen LogP contribution in [0.1, 0.15) is 30.4 Å². The van der Waals surface area contributed by atoms with Gasteiger partial charge in [0.2, 0.25) is 0 Å². The predicted molar refractivity (Wildman–Crippen MR) is 116 cm³/mol. The van der Waals surface area contributed by atoms with E-state index in [1.165, 1.54) is 4.72 Å². The Balaban J connectivity index is 1.78. The number of halogens is 8. The van der Waals surface area contributed by atoms with Crippen LogP contribution in [0.2, 0.25) is 0 Å². The Labute approximate surface area is 212 Å². The minimum absolute atomic E-state index is 0.230. The van der Waals surface area contributed by atoms with Crippen molar-refractivity contribution in [2.45, 2.75) is 40.6 Å². The van der Waals surface area contributed by atoms with Gasteiger partial charge in [-0.1, -0.05) is 0 Å². The number of sulfone groups is 1. The second-order valence-electron chi connectivity index (χ2n) is 9.09.